The molecule has 0 aliphatic carbocycles. The van der Waals surface area contributed by atoms with Gasteiger partial charge in [0.15, 0.2) is 0 Å². The average molecular weight is 168 g/mol. The van der Waals surface area contributed by atoms with Crippen molar-refractivity contribution in [3.05, 3.63) is 17.6 Å². The zero-order valence-corrected chi connectivity index (χ0v) is 6.89. The predicted octanol–water partition coefficient (Wildman–Crippen LogP) is 1.34. The fourth-order valence-corrected chi connectivity index (χ4v) is 1.92. The van der Waals surface area contributed by atoms with E-state index in [1.807, 2.05) is 17.6 Å². The lowest BCUT2D eigenvalue weighted by atomic mass is 10.4. The molecule has 2 aromatic rings. The molecule has 0 radical (unpaired) electrons. The summed E-state index contributed by atoms with van der Waals surface area (Å²) in [7, 11) is 1.62. The standard InChI is InChI=1S/C7H8N2OS/c1-10-9-3-2-6-7(9)5(8)4-11-6/h2-4H,8H2,1H3. The molecular weight excluding hydrogens is 160 g/mol. The molecule has 4 heteroatoms. The fraction of sp³-hybridized carbons (Fsp3) is 0.143. The van der Waals surface area contributed by atoms with Crippen molar-refractivity contribution in [3.63, 3.8) is 0 Å². The van der Waals surface area contributed by atoms with Crippen LogP contribution in [0.3, 0.4) is 0 Å². The highest BCUT2D eigenvalue weighted by molar-refractivity contribution is 7.17. The highest BCUT2D eigenvalue weighted by Gasteiger charge is 2.05. The number of rotatable bonds is 1. The molecule has 2 rings (SSSR count). The number of nitrogen functional groups attached to an aromatic ring is 1. The van der Waals surface area contributed by atoms with Crippen LogP contribution in [0.5, 0.6) is 0 Å². The van der Waals surface area contributed by atoms with Gasteiger partial charge in [-0.15, -0.1) is 11.3 Å². The van der Waals surface area contributed by atoms with Crippen molar-refractivity contribution in [2.75, 3.05) is 12.8 Å². The molecule has 0 bridgehead atoms. The topological polar surface area (TPSA) is 40.2 Å². The summed E-state index contributed by atoms with van der Waals surface area (Å²) in [5, 5.41) is 1.92. The second-order valence-electron chi connectivity index (χ2n) is 2.23. The summed E-state index contributed by atoms with van der Waals surface area (Å²) in [6.45, 7) is 0. The van der Waals surface area contributed by atoms with Gasteiger partial charge < -0.3 is 10.6 Å². The number of hydrogen-bond donors (Lipinski definition) is 1. The fourth-order valence-electron chi connectivity index (χ4n) is 1.10. The van der Waals surface area contributed by atoms with Crippen molar-refractivity contribution < 1.29 is 4.84 Å². The van der Waals surface area contributed by atoms with Gasteiger partial charge in [-0.1, -0.05) is 0 Å². The van der Waals surface area contributed by atoms with E-state index in [4.69, 9.17) is 10.6 Å². The molecule has 0 aromatic carbocycles. The summed E-state index contributed by atoms with van der Waals surface area (Å²) in [6.07, 6.45) is 1.86. The van der Waals surface area contributed by atoms with E-state index in [1.165, 1.54) is 0 Å². The predicted molar refractivity (Wildman–Crippen MR) is 46.7 cm³/mol. The van der Waals surface area contributed by atoms with Crippen LogP contribution in [0, 0.1) is 0 Å². The molecule has 58 valence electrons. The Morgan fingerprint density at radius 3 is 3.18 bits per heavy atom. The third kappa shape index (κ3) is 0.793. The van der Waals surface area contributed by atoms with Crippen LogP contribution in [-0.4, -0.2) is 11.8 Å². The molecule has 0 atom stereocenters. The number of aromatic nitrogens is 1. The highest BCUT2D eigenvalue weighted by Crippen LogP contribution is 2.27. The van der Waals surface area contributed by atoms with Gasteiger partial charge >= 0.3 is 0 Å². The maximum absolute atomic E-state index is 5.71. The first kappa shape index (κ1) is 6.54. The van der Waals surface area contributed by atoms with E-state index in [1.54, 1.807) is 23.2 Å². The number of thiophene rings is 1. The van der Waals surface area contributed by atoms with Crippen molar-refractivity contribution in [2.24, 2.45) is 0 Å². The van der Waals surface area contributed by atoms with Crippen LogP contribution in [-0.2, 0) is 0 Å². The van der Waals surface area contributed by atoms with Crippen molar-refractivity contribution >= 4 is 27.2 Å². The van der Waals surface area contributed by atoms with Gasteiger partial charge in [-0.25, -0.2) is 0 Å². The number of fused-ring (bicyclic) bond motifs is 1. The molecular formula is C7H8N2OS. The Balaban J connectivity index is 2.80. The van der Waals surface area contributed by atoms with Crippen LogP contribution < -0.4 is 10.6 Å². The third-order valence-electron chi connectivity index (χ3n) is 1.60. The van der Waals surface area contributed by atoms with Crippen LogP contribution in [0.4, 0.5) is 5.69 Å². The van der Waals surface area contributed by atoms with Gasteiger partial charge in [0.05, 0.1) is 10.4 Å². The molecule has 0 unspecified atom stereocenters. The second-order valence-corrected chi connectivity index (χ2v) is 3.14. The van der Waals surface area contributed by atoms with Gasteiger partial charge in [0, 0.05) is 11.6 Å². The summed E-state index contributed by atoms with van der Waals surface area (Å²) in [5.41, 5.74) is 7.45. The second kappa shape index (κ2) is 2.17. The smallest absolute Gasteiger partial charge is 0.120 e. The summed E-state index contributed by atoms with van der Waals surface area (Å²) >= 11 is 1.62. The quantitative estimate of drug-likeness (QED) is 0.698. The Hall–Kier alpha value is -1.16. The maximum Gasteiger partial charge on any atom is 0.120 e. The van der Waals surface area contributed by atoms with E-state index in [-0.39, 0.29) is 0 Å². The zero-order valence-electron chi connectivity index (χ0n) is 6.07. The Morgan fingerprint density at radius 2 is 2.45 bits per heavy atom. The molecule has 2 heterocycles. The molecule has 2 N–H and O–H groups in total. The number of anilines is 1. The number of nitrogens with two attached hydrogens (primary N) is 1. The van der Waals surface area contributed by atoms with E-state index < -0.39 is 0 Å². The summed E-state index contributed by atoms with van der Waals surface area (Å²) < 4.78 is 2.82. The Labute approximate surface area is 67.9 Å². The van der Waals surface area contributed by atoms with Gasteiger partial charge in [0.1, 0.15) is 12.6 Å². The average Bonchev–Trinajstić information content (AvgIpc) is 2.54. The minimum Gasteiger partial charge on any atom is -0.417 e. The molecule has 0 amide bonds. The SMILES string of the molecule is COn1ccc2scc(N)c21. The van der Waals surface area contributed by atoms with Gasteiger partial charge in [0.25, 0.3) is 0 Å². The van der Waals surface area contributed by atoms with Gasteiger partial charge in [-0.2, -0.15) is 4.73 Å². The van der Waals surface area contributed by atoms with Crippen LogP contribution in [0.15, 0.2) is 17.6 Å². The van der Waals surface area contributed by atoms with Crippen molar-refractivity contribution in [1.29, 1.82) is 0 Å². The van der Waals surface area contributed by atoms with Crippen LogP contribution in [0.2, 0.25) is 0 Å². The normalized spacial score (nSPS) is 10.6. The lowest BCUT2D eigenvalue weighted by Crippen LogP contribution is -2.03. The van der Waals surface area contributed by atoms with Crippen molar-refractivity contribution in [2.45, 2.75) is 0 Å². The van der Waals surface area contributed by atoms with E-state index in [0.29, 0.717) is 0 Å². The molecule has 0 saturated carbocycles. The van der Waals surface area contributed by atoms with Gasteiger partial charge in [-0.05, 0) is 6.07 Å². The van der Waals surface area contributed by atoms with Crippen molar-refractivity contribution in [1.82, 2.24) is 4.73 Å². The first-order valence-electron chi connectivity index (χ1n) is 3.21. The Kier molecular flexibility index (Phi) is 1.29. The Bertz CT molecular complexity index is 377. The first-order chi connectivity index (χ1) is 5.33. The molecule has 2 aromatic heterocycles. The minimum atomic E-state index is 0.775. The summed E-state index contributed by atoms with van der Waals surface area (Å²) in [4.78, 5) is 5.05. The monoisotopic (exact) mass is 168 g/mol. The zero-order chi connectivity index (χ0) is 7.84. The highest BCUT2D eigenvalue weighted by atomic mass is 32.1. The molecule has 0 saturated heterocycles. The van der Waals surface area contributed by atoms with Crippen molar-refractivity contribution in [3.8, 4) is 0 Å². The van der Waals surface area contributed by atoms with Gasteiger partial charge in [-0.3, -0.25) is 0 Å². The molecule has 0 aliphatic heterocycles. The largest absolute Gasteiger partial charge is 0.417 e. The maximum atomic E-state index is 5.71. The van der Waals surface area contributed by atoms with Crippen LogP contribution >= 0.6 is 11.3 Å². The molecule has 3 nitrogen and oxygen atoms in total. The number of hydrogen-bond acceptors (Lipinski definition) is 3. The van der Waals surface area contributed by atoms with E-state index in [0.717, 1.165) is 15.9 Å². The van der Waals surface area contributed by atoms with E-state index in [2.05, 4.69) is 0 Å². The molecule has 0 fully saturated rings. The van der Waals surface area contributed by atoms with Crippen LogP contribution in [0.1, 0.15) is 0 Å². The van der Waals surface area contributed by atoms with Crippen LogP contribution in [0.25, 0.3) is 10.2 Å². The Morgan fingerprint density at radius 1 is 1.64 bits per heavy atom. The third-order valence-corrected chi connectivity index (χ3v) is 2.55. The lowest BCUT2D eigenvalue weighted by Gasteiger charge is -1.99. The van der Waals surface area contributed by atoms with Gasteiger partial charge in [0.2, 0.25) is 0 Å². The summed E-state index contributed by atoms with van der Waals surface area (Å²) in [5.74, 6) is 0. The number of nitrogens with zero attached hydrogens (tertiary/aromatic N) is 1. The minimum absolute atomic E-state index is 0.775. The molecule has 0 spiro atoms. The molecule has 0 aliphatic rings. The lowest BCUT2D eigenvalue weighted by molar-refractivity contribution is 0.179. The van der Waals surface area contributed by atoms with E-state index in [9.17, 15) is 0 Å². The summed E-state index contributed by atoms with van der Waals surface area (Å²) in [6, 6.07) is 1.99. The van der Waals surface area contributed by atoms with E-state index >= 15 is 0 Å². The first-order valence-corrected chi connectivity index (χ1v) is 4.09. The molecule has 11 heavy (non-hydrogen) atoms.